The Bertz CT molecular complexity index is 488. The number of fused-ring (bicyclic) bond motifs is 2. The van der Waals surface area contributed by atoms with Gasteiger partial charge < -0.3 is 10.4 Å². The summed E-state index contributed by atoms with van der Waals surface area (Å²) < 4.78 is 0. The number of non-ortho nitro benzene ring substituents is 1. The maximum atomic E-state index is 10.6. The third kappa shape index (κ3) is 2.69. The SMILES string of the molecule is O=[N+]([O-])c1ccc(C(O)CNC2CC3CCC2C3)cc1. The summed E-state index contributed by atoms with van der Waals surface area (Å²) >= 11 is 0. The highest BCUT2D eigenvalue weighted by atomic mass is 16.6. The summed E-state index contributed by atoms with van der Waals surface area (Å²) in [5, 5.41) is 24.2. The van der Waals surface area contributed by atoms with Crippen molar-refractivity contribution in [3.63, 3.8) is 0 Å². The van der Waals surface area contributed by atoms with Gasteiger partial charge in [-0.1, -0.05) is 6.42 Å². The van der Waals surface area contributed by atoms with E-state index in [-0.39, 0.29) is 5.69 Å². The summed E-state index contributed by atoms with van der Waals surface area (Å²) in [6, 6.07) is 6.68. The molecule has 0 saturated heterocycles. The Morgan fingerprint density at radius 3 is 2.60 bits per heavy atom. The molecular formula is C15H20N2O3. The number of rotatable bonds is 5. The van der Waals surface area contributed by atoms with Gasteiger partial charge in [-0.15, -0.1) is 0 Å². The molecule has 108 valence electrons. The van der Waals surface area contributed by atoms with Crippen LogP contribution >= 0.6 is 0 Å². The standard InChI is InChI=1S/C15H20N2O3/c18-15(11-3-5-13(6-4-11)17(19)20)9-16-14-8-10-1-2-12(14)7-10/h3-6,10,12,14-16,18H,1-2,7-9H2. The summed E-state index contributed by atoms with van der Waals surface area (Å²) in [7, 11) is 0. The van der Waals surface area contributed by atoms with Crippen molar-refractivity contribution >= 4 is 5.69 Å². The predicted molar refractivity (Wildman–Crippen MR) is 75.3 cm³/mol. The van der Waals surface area contributed by atoms with E-state index in [1.165, 1.54) is 37.8 Å². The van der Waals surface area contributed by atoms with E-state index in [4.69, 9.17) is 0 Å². The van der Waals surface area contributed by atoms with Crippen LogP contribution in [-0.2, 0) is 0 Å². The Morgan fingerprint density at radius 1 is 1.30 bits per heavy atom. The molecule has 20 heavy (non-hydrogen) atoms. The van der Waals surface area contributed by atoms with Gasteiger partial charge in [0.25, 0.3) is 5.69 Å². The number of hydrogen-bond acceptors (Lipinski definition) is 4. The van der Waals surface area contributed by atoms with Crippen molar-refractivity contribution in [3.05, 3.63) is 39.9 Å². The summed E-state index contributed by atoms with van der Waals surface area (Å²) in [5.41, 5.74) is 0.785. The Labute approximate surface area is 118 Å². The molecule has 2 N–H and O–H groups in total. The van der Waals surface area contributed by atoms with Gasteiger partial charge in [-0.3, -0.25) is 10.1 Å². The van der Waals surface area contributed by atoms with E-state index in [2.05, 4.69) is 5.32 Å². The molecule has 2 aliphatic rings. The van der Waals surface area contributed by atoms with E-state index in [0.717, 1.165) is 17.4 Å². The molecule has 0 heterocycles. The average molecular weight is 276 g/mol. The zero-order valence-electron chi connectivity index (χ0n) is 11.4. The molecule has 1 aromatic carbocycles. The van der Waals surface area contributed by atoms with Crippen LogP contribution in [0.1, 0.15) is 37.4 Å². The average Bonchev–Trinajstić information content (AvgIpc) is 3.07. The lowest BCUT2D eigenvalue weighted by Crippen LogP contribution is -2.36. The molecule has 5 nitrogen and oxygen atoms in total. The monoisotopic (exact) mass is 276 g/mol. The van der Waals surface area contributed by atoms with Gasteiger partial charge in [0.1, 0.15) is 0 Å². The van der Waals surface area contributed by atoms with Gasteiger partial charge in [-0.2, -0.15) is 0 Å². The molecule has 0 aliphatic heterocycles. The third-order valence-corrected chi connectivity index (χ3v) is 4.80. The van der Waals surface area contributed by atoms with Crippen LogP contribution < -0.4 is 5.32 Å². The largest absolute Gasteiger partial charge is 0.387 e. The first-order chi connectivity index (χ1) is 9.63. The van der Waals surface area contributed by atoms with Crippen LogP contribution in [0.3, 0.4) is 0 Å². The van der Waals surface area contributed by atoms with Crippen LogP contribution in [0.4, 0.5) is 5.69 Å². The highest BCUT2D eigenvalue weighted by Gasteiger charge is 2.39. The topological polar surface area (TPSA) is 75.4 Å². The first-order valence-corrected chi connectivity index (χ1v) is 7.29. The zero-order valence-corrected chi connectivity index (χ0v) is 11.4. The first kappa shape index (κ1) is 13.5. The maximum absolute atomic E-state index is 10.6. The van der Waals surface area contributed by atoms with Crippen LogP contribution in [0.15, 0.2) is 24.3 Å². The maximum Gasteiger partial charge on any atom is 0.269 e. The zero-order chi connectivity index (χ0) is 14.1. The molecule has 5 heteroatoms. The van der Waals surface area contributed by atoms with Crippen LogP contribution in [0, 0.1) is 22.0 Å². The minimum Gasteiger partial charge on any atom is -0.387 e. The second-order valence-corrected chi connectivity index (χ2v) is 6.05. The van der Waals surface area contributed by atoms with Gasteiger partial charge in [0, 0.05) is 24.7 Å². The Balaban J connectivity index is 1.53. The second-order valence-electron chi connectivity index (χ2n) is 6.05. The smallest absolute Gasteiger partial charge is 0.269 e. The molecule has 0 spiro atoms. The van der Waals surface area contributed by atoms with E-state index in [0.29, 0.717) is 12.6 Å². The summed E-state index contributed by atoms with van der Waals surface area (Å²) in [4.78, 5) is 10.2. The molecule has 2 bridgehead atoms. The van der Waals surface area contributed by atoms with Crippen molar-refractivity contribution in [2.75, 3.05) is 6.54 Å². The van der Waals surface area contributed by atoms with Crippen molar-refractivity contribution in [3.8, 4) is 0 Å². The van der Waals surface area contributed by atoms with Gasteiger partial charge in [0.15, 0.2) is 0 Å². The van der Waals surface area contributed by atoms with Crippen LogP contribution in [0.5, 0.6) is 0 Å². The number of aliphatic hydroxyl groups excluding tert-OH is 1. The molecule has 2 fully saturated rings. The molecule has 3 rings (SSSR count). The fraction of sp³-hybridized carbons (Fsp3) is 0.600. The highest BCUT2D eigenvalue weighted by Crippen LogP contribution is 2.44. The third-order valence-electron chi connectivity index (χ3n) is 4.80. The quantitative estimate of drug-likeness (QED) is 0.639. The molecule has 0 aromatic heterocycles. The van der Waals surface area contributed by atoms with Crippen molar-refractivity contribution in [1.82, 2.24) is 5.32 Å². The minimum absolute atomic E-state index is 0.0574. The number of nitrogens with zero attached hydrogens (tertiary/aromatic N) is 1. The second kappa shape index (κ2) is 5.50. The van der Waals surface area contributed by atoms with Crippen LogP contribution in [0.2, 0.25) is 0 Å². The van der Waals surface area contributed by atoms with Gasteiger partial charge in [0.05, 0.1) is 11.0 Å². The van der Waals surface area contributed by atoms with Crippen molar-refractivity contribution < 1.29 is 10.0 Å². The van der Waals surface area contributed by atoms with Crippen molar-refractivity contribution in [1.29, 1.82) is 0 Å². The Morgan fingerprint density at radius 2 is 2.05 bits per heavy atom. The predicted octanol–water partition coefficient (Wildman–Crippen LogP) is 2.41. The fourth-order valence-corrected chi connectivity index (χ4v) is 3.69. The van der Waals surface area contributed by atoms with E-state index in [9.17, 15) is 15.2 Å². The van der Waals surface area contributed by atoms with Crippen LogP contribution in [-0.4, -0.2) is 22.6 Å². The molecule has 1 aromatic rings. The number of hydrogen-bond donors (Lipinski definition) is 2. The molecular weight excluding hydrogens is 256 g/mol. The molecule has 0 radical (unpaired) electrons. The van der Waals surface area contributed by atoms with Gasteiger partial charge in [-0.25, -0.2) is 0 Å². The van der Waals surface area contributed by atoms with Gasteiger partial charge in [-0.05, 0) is 48.8 Å². The van der Waals surface area contributed by atoms with Crippen molar-refractivity contribution in [2.24, 2.45) is 11.8 Å². The van der Waals surface area contributed by atoms with E-state index < -0.39 is 11.0 Å². The van der Waals surface area contributed by atoms with E-state index in [1.807, 2.05) is 0 Å². The van der Waals surface area contributed by atoms with E-state index >= 15 is 0 Å². The van der Waals surface area contributed by atoms with Crippen LogP contribution in [0.25, 0.3) is 0 Å². The van der Waals surface area contributed by atoms with Crippen molar-refractivity contribution in [2.45, 2.75) is 37.8 Å². The number of nitrogens with one attached hydrogen (secondary N) is 1. The molecule has 2 saturated carbocycles. The lowest BCUT2D eigenvalue weighted by atomic mass is 9.95. The number of aliphatic hydroxyl groups is 1. The number of nitro benzene ring substituents is 1. The van der Waals surface area contributed by atoms with E-state index in [1.54, 1.807) is 12.1 Å². The lowest BCUT2D eigenvalue weighted by molar-refractivity contribution is -0.384. The highest BCUT2D eigenvalue weighted by molar-refractivity contribution is 5.33. The van der Waals surface area contributed by atoms with Gasteiger partial charge >= 0.3 is 0 Å². The Kier molecular flexibility index (Phi) is 3.72. The molecule has 4 atom stereocenters. The summed E-state index contributed by atoms with van der Waals surface area (Å²) in [6.45, 7) is 0.520. The first-order valence-electron chi connectivity index (χ1n) is 7.29. The number of benzene rings is 1. The molecule has 0 amide bonds. The lowest BCUT2D eigenvalue weighted by Gasteiger charge is -2.24. The minimum atomic E-state index is -0.602. The summed E-state index contributed by atoms with van der Waals surface area (Å²) in [6.07, 6.45) is 4.65. The fourth-order valence-electron chi connectivity index (χ4n) is 3.69. The molecule has 2 aliphatic carbocycles. The number of nitro groups is 1. The normalized spacial score (nSPS) is 29.6. The summed E-state index contributed by atoms with van der Waals surface area (Å²) in [5.74, 6) is 1.66. The van der Waals surface area contributed by atoms with Gasteiger partial charge in [0.2, 0.25) is 0 Å². The Hall–Kier alpha value is -1.46. The molecule has 4 unspecified atom stereocenters.